The number of aromatic hydroxyl groups is 1. The number of phenolic OH excluding ortho intramolecular Hbond substituents is 1. The minimum atomic E-state index is -1.69. The minimum Gasteiger partial charge on any atom is -0.508 e. The van der Waals surface area contributed by atoms with Crippen LogP contribution in [0.3, 0.4) is 0 Å². The van der Waals surface area contributed by atoms with Crippen LogP contribution in [0.15, 0.2) is 29.6 Å². The third kappa shape index (κ3) is 16.5. The highest BCUT2D eigenvalue weighted by molar-refractivity contribution is 7.09. The number of aromatic nitrogens is 1. The van der Waals surface area contributed by atoms with E-state index in [1.54, 1.807) is 34.5 Å². The lowest BCUT2D eigenvalue weighted by Crippen LogP contribution is -2.59. The summed E-state index contributed by atoms with van der Waals surface area (Å²) >= 11 is 1.35. The van der Waals surface area contributed by atoms with E-state index in [0.29, 0.717) is 50.1 Å². The number of amides is 4. The molecule has 1 aromatic carbocycles. The van der Waals surface area contributed by atoms with Gasteiger partial charge in [-0.25, -0.2) is 4.98 Å². The van der Waals surface area contributed by atoms with E-state index in [0.717, 1.165) is 43.8 Å². The molecule has 336 valence electrons. The second kappa shape index (κ2) is 25.8. The molecule has 3 rings (SSSR count). The Morgan fingerprint density at radius 2 is 1.78 bits per heavy atom. The number of nitrogens with one attached hydrogen (secondary N) is 3. The Kier molecular flexibility index (Phi) is 21.7. The lowest BCUT2D eigenvalue weighted by atomic mass is 9.93. The summed E-state index contributed by atoms with van der Waals surface area (Å²) < 4.78 is 5.68. The fraction of sp³-hybridized carbons (Fsp3) is 0.682. The number of phenols is 1. The molecule has 1 fully saturated rings. The monoisotopic (exact) mass is 872 g/mol. The summed E-state index contributed by atoms with van der Waals surface area (Å²) in [7, 11) is 0.249. The summed E-state index contributed by atoms with van der Waals surface area (Å²) in [4.78, 5) is 85.6. The number of carbonyl (C=O) groups excluding carboxylic acids is 5. The van der Waals surface area contributed by atoms with Crippen molar-refractivity contribution in [1.82, 2.24) is 30.7 Å². The molecule has 5 N–H and O–H groups in total. The summed E-state index contributed by atoms with van der Waals surface area (Å²) in [6, 6.07) is 5.59. The maximum Gasteiger partial charge on any atom is 0.307 e. The Hall–Kier alpha value is -3.86. The number of rotatable bonds is 25. The summed E-state index contributed by atoms with van der Waals surface area (Å²) in [6.07, 6.45) is 6.66. The van der Waals surface area contributed by atoms with E-state index in [9.17, 15) is 33.9 Å². The zero-order valence-corrected chi connectivity index (χ0v) is 39.2. The van der Waals surface area contributed by atoms with Gasteiger partial charge in [-0.15, -0.1) is 11.3 Å². The van der Waals surface area contributed by atoms with Gasteiger partial charge < -0.3 is 35.5 Å². The van der Waals surface area contributed by atoms with Gasteiger partial charge in [0.1, 0.15) is 17.5 Å². The number of hydrogen-bond donors (Lipinski definition) is 5. The van der Waals surface area contributed by atoms with E-state index in [2.05, 4.69) is 16.0 Å². The number of carbonyl (C=O) groups is 5. The van der Waals surface area contributed by atoms with Crippen molar-refractivity contribution in [3.05, 3.63) is 45.9 Å². The maximum absolute atomic E-state index is 14.6. The number of aryl methyl sites for hydroxylation is 1. The first-order chi connectivity index (χ1) is 28.5. The van der Waals surface area contributed by atoms with Gasteiger partial charge in [0.2, 0.25) is 17.7 Å². The van der Waals surface area contributed by atoms with Crippen LogP contribution in [0.4, 0.5) is 0 Å². The van der Waals surface area contributed by atoms with Crippen molar-refractivity contribution in [3.63, 3.8) is 0 Å². The van der Waals surface area contributed by atoms with Gasteiger partial charge in [0, 0.05) is 42.8 Å². The molecule has 1 aromatic heterocycles. The molecule has 0 saturated carbocycles. The molecular formula is C44H72N6O8SSi. The number of esters is 1. The predicted molar refractivity (Wildman–Crippen MR) is 238 cm³/mol. The SMILES string of the molecule is CCCC(=O)OCN(C(=O)[C@@H](NC(=O)[C@H]1CCCCN1C)C(C)CC)[C@H](CCc1nc(C(=O)N[C@@H](Cc2ccc(O)cc2)C[C@H](C)C(=O)NCCC[SiH](C)O)cs1)C(C)C. The molecule has 1 aliphatic heterocycles. The third-order valence-corrected chi connectivity index (χ3v) is 13.6. The fourth-order valence-electron chi connectivity index (χ4n) is 7.59. The molecule has 1 saturated heterocycles. The molecule has 0 aliphatic carbocycles. The Morgan fingerprint density at radius 3 is 2.42 bits per heavy atom. The van der Waals surface area contributed by atoms with Crippen LogP contribution in [0, 0.1) is 17.8 Å². The zero-order valence-electron chi connectivity index (χ0n) is 37.2. The standard InChI is InChI=1S/C44H72N6O8SSi/c1-9-14-39(52)58-28-50(44(56)40(30(5)10-2)48-43(55)37-15-11-12-23-49(37)7)36(29(3)4)20-21-38-47-35(27-59-38)42(54)46-33(26-32-16-18-34(51)19-17-32)25-31(6)41(53)45-22-13-24-60(8)57/h16-19,27,29-31,33,36-37,40,51,57,60H,9-15,20-26,28H2,1-8H3,(H,45,53)(H,46,54)(H,48,55)/t30?,31-,33+,36+,37+,40-,60?/m0/s1. The van der Waals surface area contributed by atoms with Gasteiger partial charge in [-0.3, -0.25) is 28.9 Å². The number of nitrogens with zero attached hydrogens (tertiary/aromatic N) is 3. The third-order valence-electron chi connectivity index (χ3n) is 11.5. The number of hydrogen-bond acceptors (Lipinski definition) is 11. The van der Waals surface area contributed by atoms with E-state index in [4.69, 9.17) is 9.72 Å². The number of thiazole rings is 1. The van der Waals surface area contributed by atoms with Crippen molar-refractivity contribution < 1.29 is 38.6 Å². The number of likely N-dealkylation sites (tertiary alicyclic amines) is 1. The highest BCUT2D eigenvalue weighted by Gasteiger charge is 2.37. The first kappa shape index (κ1) is 50.5. The molecule has 2 unspecified atom stereocenters. The number of benzene rings is 1. The van der Waals surface area contributed by atoms with Crippen LogP contribution in [-0.2, 0) is 36.8 Å². The zero-order chi connectivity index (χ0) is 44.4. The van der Waals surface area contributed by atoms with Crippen LogP contribution in [0.2, 0.25) is 12.6 Å². The second-order valence-electron chi connectivity index (χ2n) is 17.0. The fourth-order valence-corrected chi connectivity index (χ4v) is 9.18. The van der Waals surface area contributed by atoms with E-state index in [-0.39, 0.29) is 72.1 Å². The van der Waals surface area contributed by atoms with E-state index in [1.165, 1.54) is 11.3 Å². The summed E-state index contributed by atoms with van der Waals surface area (Å²) in [5, 5.41) is 21.4. The molecule has 14 nitrogen and oxygen atoms in total. The molecule has 1 aliphatic rings. The molecule has 0 spiro atoms. The Morgan fingerprint density at radius 1 is 1.07 bits per heavy atom. The van der Waals surface area contributed by atoms with Crippen LogP contribution in [0.1, 0.15) is 120 Å². The van der Waals surface area contributed by atoms with Gasteiger partial charge in [0.05, 0.1) is 11.0 Å². The highest BCUT2D eigenvalue weighted by atomic mass is 32.1. The summed E-state index contributed by atoms with van der Waals surface area (Å²) in [6.45, 7) is 14.6. The van der Waals surface area contributed by atoms with Crippen molar-refractivity contribution in [3.8, 4) is 5.75 Å². The van der Waals surface area contributed by atoms with Gasteiger partial charge >= 0.3 is 5.97 Å². The number of ether oxygens (including phenoxy) is 1. The van der Waals surface area contributed by atoms with Gasteiger partial charge in [-0.05, 0) is 101 Å². The molecule has 7 atom stereocenters. The normalized spacial score (nSPS) is 17.5. The number of likely N-dealkylation sites (N-methyl/N-ethyl adjacent to an activating group) is 1. The van der Waals surface area contributed by atoms with E-state index >= 15 is 0 Å². The maximum atomic E-state index is 14.6. The van der Waals surface area contributed by atoms with Crippen molar-refractivity contribution in [2.45, 2.75) is 149 Å². The van der Waals surface area contributed by atoms with Crippen molar-refractivity contribution in [1.29, 1.82) is 0 Å². The highest BCUT2D eigenvalue weighted by Crippen LogP contribution is 2.24. The molecule has 4 amide bonds. The van der Waals surface area contributed by atoms with Gasteiger partial charge in [-0.2, -0.15) is 0 Å². The predicted octanol–water partition coefficient (Wildman–Crippen LogP) is 5.17. The molecule has 60 heavy (non-hydrogen) atoms. The van der Waals surface area contributed by atoms with Gasteiger partial charge in [-0.1, -0.05) is 66.5 Å². The Labute approximate surface area is 363 Å². The van der Waals surface area contributed by atoms with Crippen molar-refractivity contribution in [2.24, 2.45) is 17.8 Å². The number of piperidine rings is 1. The Balaban J connectivity index is 1.78. The smallest absolute Gasteiger partial charge is 0.307 e. The van der Waals surface area contributed by atoms with Crippen LogP contribution in [0.25, 0.3) is 0 Å². The van der Waals surface area contributed by atoms with E-state index in [1.807, 2.05) is 60.0 Å². The molecule has 2 heterocycles. The summed E-state index contributed by atoms with van der Waals surface area (Å²) in [5.41, 5.74) is 1.14. The molecule has 0 radical (unpaired) electrons. The van der Waals surface area contributed by atoms with Gasteiger partial charge in [0.15, 0.2) is 15.8 Å². The minimum absolute atomic E-state index is 0.0424. The largest absolute Gasteiger partial charge is 0.508 e. The summed E-state index contributed by atoms with van der Waals surface area (Å²) in [5.74, 6) is -1.82. The van der Waals surface area contributed by atoms with Crippen LogP contribution < -0.4 is 16.0 Å². The van der Waals surface area contributed by atoms with Crippen LogP contribution in [-0.4, -0.2) is 114 Å². The topological polar surface area (TPSA) is 190 Å². The molecule has 16 heteroatoms. The quantitative estimate of drug-likeness (QED) is 0.0385. The molecular weight excluding hydrogens is 801 g/mol. The van der Waals surface area contributed by atoms with Crippen LogP contribution >= 0.6 is 11.3 Å². The lowest BCUT2D eigenvalue weighted by molar-refractivity contribution is -0.159. The van der Waals surface area contributed by atoms with Crippen molar-refractivity contribution in [2.75, 3.05) is 26.9 Å². The van der Waals surface area contributed by atoms with Gasteiger partial charge in [0.25, 0.3) is 5.91 Å². The molecule has 2 aromatic rings. The first-order valence-corrected chi connectivity index (χ1v) is 25.4. The lowest BCUT2D eigenvalue weighted by Gasteiger charge is -2.39. The Bertz CT molecular complexity index is 1660. The first-order valence-electron chi connectivity index (χ1n) is 22.0. The van der Waals surface area contributed by atoms with Crippen LogP contribution in [0.5, 0.6) is 5.75 Å². The average molecular weight is 873 g/mol. The van der Waals surface area contributed by atoms with Crippen molar-refractivity contribution >= 4 is 50.0 Å². The molecule has 0 bridgehead atoms. The second-order valence-corrected chi connectivity index (χ2v) is 20.2. The van der Waals surface area contributed by atoms with E-state index < -0.39 is 33.0 Å². The average Bonchev–Trinajstić information content (AvgIpc) is 3.69.